The van der Waals surface area contributed by atoms with Gasteiger partial charge in [-0.25, -0.2) is 0 Å². The minimum atomic E-state index is -0.177. The maximum Gasteiger partial charge on any atom is 0.253 e. The van der Waals surface area contributed by atoms with Crippen LogP contribution in [0.2, 0.25) is 0 Å². The van der Waals surface area contributed by atoms with Gasteiger partial charge in [-0.05, 0) is 53.9 Å². The van der Waals surface area contributed by atoms with Crippen LogP contribution < -0.4 is 15.4 Å². The van der Waals surface area contributed by atoms with Gasteiger partial charge in [-0.15, -0.1) is 0 Å². The number of carbonyl (C=O) groups excluding carboxylic acids is 2. The number of nitrogens with one attached hydrogen (secondary N) is 2. The highest BCUT2D eigenvalue weighted by atomic mass is 16.5. The smallest absolute Gasteiger partial charge is 0.253 e. The second-order valence-electron chi connectivity index (χ2n) is 8.36. The number of hydrogen-bond acceptors (Lipinski definition) is 4. The Morgan fingerprint density at radius 1 is 0.909 bits per heavy atom. The minimum Gasteiger partial charge on any atom is -0.493 e. The molecule has 3 aromatic carbocycles. The zero-order chi connectivity index (χ0) is 23.6. The third-order valence-electron chi connectivity index (χ3n) is 4.89. The summed E-state index contributed by atoms with van der Waals surface area (Å²) in [6, 6.07) is 24.3. The van der Waals surface area contributed by atoms with Crippen LogP contribution in [-0.4, -0.2) is 36.9 Å². The van der Waals surface area contributed by atoms with Gasteiger partial charge in [-0.1, -0.05) is 50.2 Å². The van der Waals surface area contributed by atoms with Crippen molar-refractivity contribution in [3.63, 3.8) is 0 Å². The molecule has 0 aromatic heterocycles. The minimum absolute atomic E-state index is 0.0771. The third kappa shape index (κ3) is 7.68. The average molecular weight is 446 g/mol. The van der Waals surface area contributed by atoms with Gasteiger partial charge >= 0.3 is 0 Å². The number of hydrogen-bond donors (Lipinski definition) is 2. The lowest BCUT2D eigenvalue weighted by Gasteiger charge is -2.18. The van der Waals surface area contributed by atoms with Crippen molar-refractivity contribution in [3.8, 4) is 5.75 Å². The van der Waals surface area contributed by atoms with Crippen molar-refractivity contribution in [1.29, 1.82) is 0 Å². The summed E-state index contributed by atoms with van der Waals surface area (Å²) in [6.07, 6.45) is 0. The second-order valence-corrected chi connectivity index (χ2v) is 8.36. The molecule has 0 spiro atoms. The topological polar surface area (TPSA) is 70.7 Å². The van der Waals surface area contributed by atoms with E-state index in [4.69, 9.17) is 4.74 Å². The molecule has 3 rings (SSSR count). The van der Waals surface area contributed by atoms with E-state index in [1.54, 1.807) is 30.1 Å². The van der Waals surface area contributed by atoms with Crippen LogP contribution in [0.4, 0.5) is 11.4 Å². The number of nitrogens with zero attached hydrogens (tertiary/aromatic N) is 1. The van der Waals surface area contributed by atoms with Crippen LogP contribution in [0.3, 0.4) is 0 Å². The molecule has 0 bridgehead atoms. The van der Waals surface area contributed by atoms with E-state index in [0.717, 1.165) is 11.3 Å². The van der Waals surface area contributed by atoms with Gasteiger partial charge in [-0.2, -0.15) is 0 Å². The Morgan fingerprint density at radius 3 is 2.33 bits per heavy atom. The maximum atomic E-state index is 12.8. The summed E-state index contributed by atoms with van der Waals surface area (Å²) in [5.41, 5.74) is 3.04. The fraction of sp³-hybridized carbons (Fsp3) is 0.259. The molecule has 0 radical (unpaired) electrons. The predicted molar refractivity (Wildman–Crippen MR) is 133 cm³/mol. The second kappa shape index (κ2) is 11.7. The molecule has 0 atom stereocenters. The van der Waals surface area contributed by atoms with Crippen LogP contribution in [0.25, 0.3) is 0 Å². The van der Waals surface area contributed by atoms with Crippen LogP contribution in [-0.2, 0) is 11.3 Å². The first kappa shape index (κ1) is 23.9. The van der Waals surface area contributed by atoms with Gasteiger partial charge in [0.25, 0.3) is 5.91 Å². The highest BCUT2D eigenvalue weighted by molar-refractivity contribution is 5.96. The van der Waals surface area contributed by atoms with E-state index in [9.17, 15) is 9.59 Å². The quantitative estimate of drug-likeness (QED) is 0.458. The van der Waals surface area contributed by atoms with Crippen LogP contribution in [0, 0.1) is 5.92 Å². The molecular formula is C27H31N3O3. The number of benzene rings is 3. The molecule has 0 aliphatic rings. The van der Waals surface area contributed by atoms with Crippen molar-refractivity contribution in [1.82, 2.24) is 4.90 Å². The van der Waals surface area contributed by atoms with E-state index in [0.29, 0.717) is 36.0 Å². The number of amides is 2. The Hall–Kier alpha value is -3.80. The standard InChI is InChI=1S/C27H31N3O3/c1-20(2)19-33-25-14-12-23(13-15-25)29-26(31)17-28-24-11-7-10-22(16-24)27(32)30(3)18-21-8-5-4-6-9-21/h4-16,20,28H,17-19H2,1-3H3,(H,29,31). The summed E-state index contributed by atoms with van der Waals surface area (Å²) in [4.78, 5) is 26.8. The van der Waals surface area contributed by atoms with Gasteiger partial charge in [0.2, 0.25) is 5.91 Å². The van der Waals surface area contributed by atoms with Gasteiger partial charge in [0, 0.05) is 30.5 Å². The first-order chi connectivity index (χ1) is 15.9. The van der Waals surface area contributed by atoms with Crippen LogP contribution in [0.5, 0.6) is 5.75 Å². The monoisotopic (exact) mass is 445 g/mol. The molecule has 172 valence electrons. The molecule has 0 aliphatic carbocycles. The van der Waals surface area contributed by atoms with Crippen molar-refractivity contribution in [3.05, 3.63) is 90.0 Å². The lowest BCUT2D eigenvalue weighted by atomic mass is 10.1. The molecule has 0 saturated carbocycles. The van der Waals surface area contributed by atoms with Gasteiger partial charge in [-0.3, -0.25) is 9.59 Å². The van der Waals surface area contributed by atoms with Gasteiger partial charge < -0.3 is 20.3 Å². The Labute approximate surface area is 195 Å². The van der Waals surface area contributed by atoms with Gasteiger partial charge in [0.15, 0.2) is 0 Å². The fourth-order valence-electron chi connectivity index (χ4n) is 3.20. The molecule has 0 aliphatic heterocycles. The largest absolute Gasteiger partial charge is 0.493 e. The molecule has 2 N–H and O–H groups in total. The molecule has 3 aromatic rings. The third-order valence-corrected chi connectivity index (χ3v) is 4.89. The van der Waals surface area contributed by atoms with E-state index in [1.165, 1.54) is 0 Å². The first-order valence-electron chi connectivity index (χ1n) is 11.1. The molecule has 0 fully saturated rings. The van der Waals surface area contributed by atoms with E-state index < -0.39 is 0 Å². The van der Waals surface area contributed by atoms with E-state index in [-0.39, 0.29) is 18.4 Å². The molecule has 2 amide bonds. The zero-order valence-electron chi connectivity index (χ0n) is 19.4. The SMILES string of the molecule is CC(C)COc1ccc(NC(=O)CNc2cccc(C(=O)N(C)Cc3ccccc3)c2)cc1. The zero-order valence-corrected chi connectivity index (χ0v) is 19.4. The van der Waals surface area contributed by atoms with Crippen LogP contribution in [0.1, 0.15) is 29.8 Å². The predicted octanol–water partition coefficient (Wildman–Crippen LogP) is 5.04. The number of anilines is 2. The average Bonchev–Trinajstić information content (AvgIpc) is 2.82. The molecule has 0 heterocycles. The first-order valence-corrected chi connectivity index (χ1v) is 11.1. The van der Waals surface area contributed by atoms with Crippen molar-refractivity contribution >= 4 is 23.2 Å². The molecule has 6 heteroatoms. The summed E-state index contributed by atoms with van der Waals surface area (Å²) in [7, 11) is 1.78. The summed E-state index contributed by atoms with van der Waals surface area (Å²) < 4.78 is 5.66. The van der Waals surface area contributed by atoms with E-state index >= 15 is 0 Å². The van der Waals surface area contributed by atoms with Gasteiger partial charge in [0.1, 0.15) is 5.75 Å². The lowest BCUT2D eigenvalue weighted by molar-refractivity contribution is -0.114. The Balaban J connectivity index is 1.50. The maximum absolute atomic E-state index is 12.8. The highest BCUT2D eigenvalue weighted by Gasteiger charge is 2.13. The normalized spacial score (nSPS) is 10.5. The molecular weight excluding hydrogens is 414 g/mol. The summed E-state index contributed by atoms with van der Waals surface area (Å²) >= 11 is 0. The van der Waals surface area contributed by atoms with Gasteiger partial charge in [0.05, 0.1) is 13.2 Å². The van der Waals surface area contributed by atoms with E-state index in [1.807, 2.05) is 60.7 Å². The number of carbonyl (C=O) groups is 2. The number of ether oxygens (including phenoxy) is 1. The molecule has 0 unspecified atom stereocenters. The number of rotatable bonds is 10. The molecule has 33 heavy (non-hydrogen) atoms. The van der Waals surface area contributed by atoms with Crippen molar-refractivity contribution < 1.29 is 14.3 Å². The molecule has 6 nitrogen and oxygen atoms in total. The summed E-state index contributed by atoms with van der Waals surface area (Å²) in [5, 5.41) is 5.94. The van der Waals surface area contributed by atoms with Crippen LogP contribution >= 0.6 is 0 Å². The summed E-state index contributed by atoms with van der Waals surface area (Å²) in [6.45, 7) is 5.45. The van der Waals surface area contributed by atoms with Crippen molar-refractivity contribution in [2.45, 2.75) is 20.4 Å². The summed E-state index contributed by atoms with van der Waals surface area (Å²) in [5.74, 6) is 0.975. The van der Waals surface area contributed by atoms with Crippen molar-refractivity contribution in [2.24, 2.45) is 5.92 Å². The highest BCUT2D eigenvalue weighted by Crippen LogP contribution is 2.17. The lowest BCUT2D eigenvalue weighted by Crippen LogP contribution is -2.26. The Bertz CT molecular complexity index is 1050. The Kier molecular flexibility index (Phi) is 8.47. The van der Waals surface area contributed by atoms with E-state index in [2.05, 4.69) is 24.5 Å². The van der Waals surface area contributed by atoms with Crippen LogP contribution in [0.15, 0.2) is 78.9 Å². The van der Waals surface area contributed by atoms with Crippen molar-refractivity contribution in [2.75, 3.05) is 30.8 Å². The Morgan fingerprint density at radius 2 is 1.64 bits per heavy atom. The fourth-order valence-corrected chi connectivity index (χ4v) is 3.20. The molecule has 0 saturated heterocycles.